The average molecular weight is 1880 g/mol. The summed E-state index contributed by atoms with van der Waals surface area (Å²) in [5, 5.41) is 371. The van der Waals surface area contributed by atoms with E-state index in [9.17, 15) is 178 Å². The Labute approximate surface area is 722 Å². The van der Waals surface area contributed by atoms with Crippen LogP contribution in [-0.4, -0.2) is 591 Å². The molecule has 128 heavy (non-hydrogen) atoms. The van der Waals surface area contributed by atoms with E-state index in [1.807, 2.05) is 0 Å². The second-order valence-electron chi connectivity index (χ2n) is 32.4. The number of carbonyl (C=O) groups excluding carboxylic acids is 2. The highest BCUT2D eigenvalue weighted by atomic mass is 16.8. The molecule has 58 nitrogen and oxygen atoms in total. The van der Waals surface area contributed by atoms with Crippen LogP contribution in [0.3, 0.4) is 0 Å². The Bertz CT molecular complexity index is 3380. The number of rotatable bonds is 33. The molecule has 0 aromatic carbocycles. The van der Waals surface area contributed by atoms with Crippen molar-refractivity contribution in [3.8, 4) is 0 Å². The van der Waals surface area contributed by atoms with Crippen LogP contribution >= 0.6 is 0 Å². The third-order valence-electron chi connectivity index (χ3n) is 23.7. The molecule has 0 aromatic rings. The molecule has 11 rings (SSSR count). The fourth-order valence-electron chi connectivity index (χ4n) is 16.4. The Balaban J connectivity index is 0.926. The van der Waals surface area contributed by atoms with Crippen LogP contribution < -0.4 is 10.6 Å². The van der Waals surface area contributed by atoms with Gasteiger partial charge in [0.25, 0.3) is 0 Å². The second kappa shape index (κ2) is 45.8. The van der Waals surface area contributed by atoms with Gasteiger partial charge in [-0.25, -0.2) is 0 Å². The fourth-order valence-corrected chi connectivity index (χ4v) is 16.4. The lowest BCUT2D eigenvalue weighted by Crippen LogP contribution is -2.70. The van der Waals surface area contributed by atoms with E-state index < -0.39 is 422 Å². The summed E-state index contributed by atoms with van der Waals surface area (Å²) in [5.74, 6) is -1.81. The van der Waals surface area contributed by atoms with Gasteiger partial charge in [0.1, 0.15) is 268 Å². The van der Waals surface area contributed by atoms with E-state index in [1.54, 1.807) is 0 Å². The summed E-state index contributed by atoms with van der Waals surface area (Å²) >= 11 is 0. The maximum absolute atomic E-state index is 13.1. The predicted molar refractivity (Wildman–Crippen MR) is 386 cm³/mol. The molecular weight excluding hydrogens is 1760 g/mol. The third kappa shape index (κ3) is 22.6. The summed E-state index contributed by atoms with van der Waals surface area (Å²) in [6, 6.07) is -3.68. The zero-order valence-electron chi connectivity index (χ0n) is 67.7. The van der Waals surface area contributed by atoms with Crippen molar-refractivity contribution in [2.75, 3.05) is 72.7 Å². The van der Waals surface area contributed by atoms with E-state index in [0.717, 1.165) is 13.8 Å². The first-order chi connectivity index (χ1) is 60.6. The molecule has 0 aromatic heterocycles. The molecule has 0 unspecified atom stereocenters. The number of aliphatic hydroxyl groups is 33. The number of ether oxygens (including phenoxy) is 21. The molecule has 744 valence electrons. The monoisotopic (exact) mass is 1880 g/mol. The van der Waals surface area contributed by atoms with Crippen molar-refractivity contribution >= 4 is 11.8 Å². The molecule has 0 saturated carbocycles. The SMILES string of the molecule is CC(=O)N[C@@H]1[C@@H](O)[C@H](O[C@@H]2O[C@H](CO)[C@@H](O[C@@H]3O[C@H](CO[C@H]4O[C@H](CO[C@H]5O[C@H](CO)[C@@H](O)[C@H](O[C@H]6O[C@H](CO)[C@@H](O)[C@H](O)[C@@H]6O)[C@@H]5O)[C@@H](O)[C@H](O)[C@@H]4O)[C@@H](O)[C@H](O[C@H]4O[C@H](CO[C@H]5O[C@H](CO)[C@@H](O)[C@H](O)[C@@H]5O[C@H]5O[C@H](CO)[C@@H](O)[C@H](O)[C@@H]5O)[C@@H](O)[C@H](O[C@H]5O[C@H](CO)[C@@H](O)[C@H](O)[C@@H]5O[C@H]5O[C@H](CO)[C@@H](O)[C@H](O)[C@@H]5O)[C@@H]4O)[C@@H]3O)[C@H](O)[C@H]2NC(C)=O)[C@@H](CO)O[C@H]1O. The summed E-state index contributed by atoms with van der Waals surface area (Å²) in [6.07, 6.45) is -115. The van der Waals surface area contributed by atoms with E-state index in [-0.39, 0.29) is 0 Å². The van der Waals surface area contributed by atoms with Gasteiger partial charge in [0.15, 0.2) is 69.2 Å². The van der Waals surface area contributed by atoms with Gasteiger partial charge in [0.05, 0.1) is 72.7 Å². The van der Waals surface area contributed by atoms with Crippen molar-refractivity contribution in [3.05, 3.63) is 0 Å². The molecule has 11 fully saturated rings. The van der Waals surface area contributed by atoms with Gasteiger partial charge in [-0.15, -0.1) is 0 Å². The number of carbonyl (C=O) groups is 2. The highest BCUT2D eigenvalue weighted by Gasteiger charge is 2.62. The molecule has 11 saturated heterocycles. The molecule has 0 bridgehead atoms. The zero-order chi connectivity index (χ0) is 94.0. The molecule has 2 amide bonds. The zero-order valence-corrected chi connectivity index (χ0v) is 67.7. The minimum absolute atomic E-state index is 0.819. The smallest absolute Gasteiger partial charge is 0.217 e. The van der Waals surface area contributed by atoms with Crippen molar-refractivity contribution in [3.63, 3.8) is 0 Å². The van der Waals surface area contributed by atoms with Crippen LogP contribution in [0.2, 0.25) is 0 Å². The first kappa shape index (κ1) is 105. The quantitative estimate of drug-likeness (QED) is 0.0290. The lowest BCUT2D eigenvalue weighted by molar-refractivity contribution is -0.404. The first-order valence-corrected chi connectivity index (χ1v) is 40.7. The van der Waals surface area contributed by atoms with Gasteiger partial charge in [-0.3, -0.25) is 9.59 Å². The van der Waals surface area contributed by atoms with Gasteiger partial charge < -0.3 is 279 Å². The Hall–Kier alpha value is -3.22. The Morgan fingerprint density at radius 3 is 0.828 bits per heavy atom. The van der Waals surface area contributed by atoms with E-state index in [4.69, 9.17) is 99.5 Å². The summed E-state index contributed by atoms with van der Waals surface area (Å²) < 4.78 is 122. The molecule has 55 atom stereocenters. The van der Waals surface area contributed by atoms with Crippen LogP contribution in [0.25, 0.3) is 0 Å². The number of aliphatic hydroxyl groups excluding tert-OH is 33. The van der Waals surface area contributed by atoms with E-state index in [2.05, 4.69) is 10.6 Å². The Morgan fingerprint density at radius 1 is 0.203 bits per heavy atom. The van der Waals surface area contributed by atoms with E-state index in [0.29, 0.717) is 0 Å². The number of amides is 2. The minimum Gasteiger partial charge on any atom is -0.394 e. The van der Waals surface area contributed by atoms with Crippen LogP contribution in [0, 0.1) is 0 Å². The van der Waals surface area contributed by atoms with Crippen LogP contribution in [-0.2, 0) is 109 Å². The Kier molecular flexibility index (Phi) is 37.7. The van der Waals surface area contributed by atoms with Crippen molar-refractivity contribution in [2.45, 2.75) is 351 Å². The highest BCUT2D eigenvalue weighted by Crippen LogP contribution is 2.41. The highest BCUT2D eigenvalue weighted by molar-refractivity contribution is 5.73. The van der Waals surface area contributed by atoms with Crippen molar-refractivity contribution in [2.24, 2.45) is 0 Å². The molecule has 11 aliphatic rings. The topological polar surface area (TPSA) is 920 Å². The summed E-state index contributed by atoms with van der Waals surface area (Å²) in [7, 11) is 0. The number of hydrogen-bond acceptors (Lipinski definition) is 56. The van der Waals surface area contributed by atoms with Crippen molar-refractivity contribution in [1.82, 2.24) is 10.6 Å². The molecule has 0 spiro atoms. The third-order valence-corrected chi connectivity index (χ3v) is 23.7. The summed E-state index contributed by atoms with van der Waals surface area (Å²) in [5.41, 5.74) is 0. The first-order valence-electron chi connectivity index (χ1n) is 40.7. The van der Waals surface area contributed by atoms with Crippen LogP contribution in [0.15, 0.2) is 0 Å². The van der Waals surface area contributed by atoms with Crippen LogP contribution in [0.5, 0.6) is 0 Å². The minimum atomic E-state index is -2.73. The van der Waals surface area contributed by atoms with Gasteiger partial charge >= 0.3 is 0 Å². The van der Waals surface area contributed by atoms with Crippen molar-refractivity contribution in [1.29, 1.82) is 0 Å². The number of hydrogen-bond donors (Lipinski definition) is 35. The van der Waals surface area contributed by atoms with Crippen LogP contribution in [0.4, 0.5) is 0 Å². The molecule has 11 heterocycles. The van der Waals surface area contributed by atoms with Crippen LogP contribution in [0.1, 0.15) is 13.8 Å². The number of nitrogens with one attached hydrogen (secondary N) is 2. The maximum atomic E-state index is 13.1. The van der Waals surface area contributed by atoms with Crippen molar-refractivity contribution < 1.29 is 278 Å². The molecule has 35 N–H and O–H groups in total. The van der Waals surface area contributed by atoms with Gasteiger partial charge in [0.2, 0.25) is 11.8 Å². The van der Waals surface area contributed by atoms with Gasteiger partial charge in [-0.1, -0.05) is 0 Å². The van der Waals surface area contributed by atoms with E-state index >= 15 is 0 Å². The predicted octanol–water partition coefficient (Wildman–Crippen LogP) is -24.7. The average Bonchev–Trinajstić information content (AvgIpc) is 0.764. The molecule has 0 radical (unpaired) electrons. The Morgan fingerprint density at radius 2 is 0.430 bits per heavy atom. The largest absolute Gasteiger partial charge is 0.394 e. The van der Waals surface area contributed by atoms with E-state index in [1.165, 1.54) is 0 Å². The standard InChI is InChI=1S/C70H118N2O56/c1-14(81)71-27-38(92)53(22(9-79)111-60(27)107)122-61-28(72-15(2)82)39(93)54(23(10-80)118-61)123-67-51(105)56(36(90)25(120-67)12-108-62-46(100)43(97)34(88)24(119-62)11-109-63-50(104)55(35(89)21(8-78)112-63)124-64-47(101)40(94)29(83)16(3-73)113-64)125-68-52(106)57(126-70-59(45(99)33(87)20(7-77)117-70)128-66-49(103)42(96)31(85)18(5-75)115-66)37(91)26(121-68)13-110-69-58(44(98)32(86)19(6-76)116-69)127-65-48(102)41(95)30(84)17(4-74)114-65/h16-70,73-80,83-107H,3-13H2,1-2H3,(H,71,81)(H,72,82)/t16-,17-,18-,19-,20-,21-,22-,23-,24-,25-,26-,27-,28-,29-,30-,31-,32-,33-,34-,35-,36-,37-,38-,39-,40+,41+,42+,43+,44+,45+,46+,47+,48+,49+,50+,51+,52+,53-,54-,55+,56+,57+,58+,59+,60-,61+,62+,63+,64-,65-,66-,67+,68-,69+,70-/m1/s1. The summed E-state index contributed by atoms with van der Waals surface area (Å²) in [6.45, 7) is -10.4. The molecule has 0 aliphatic carbocycles. The molecule has 11 aliphatic heterocycles. The lowest BCUT2D eigenvalue weighted by atomic mass is 9.94. The lowest BCUT2D eigenvalue weighted by Gasteiger charge is -2.51. The van der Waals surface area contributed by atoms with Gasteiger partial charge in [-0.2, -0.15) is 0 Å². The maximum Gasteiger partial charge on any atom is 0.217 e. The molecular formula is C70H118N2O56. The van der Waals surface area contributed by atoms with Gasteiger partial charge in [0, 0.05) is 13.8 Å². The fraction of sp³-hybridized carbons (Fsp3) is 0.971. The van der Waals surface area contributed by atoms with Gasteiger partial charge in [-0.05, 0) is 0 Å². The molecule has 58 heteroatoms. The second-order valence-corrected chi connectivity index (χ2v) is 32.4. The normalized spacial score (nSPS) is 51.7. The summed E-state index contributed by atoms with van der Waals surface area (Å²) in [4.78, 5) is 25.3.